The minimum Gasteiger partial charge on any atom is -0.394 e. The number of hydrogen-bond acceptors (Lipinski definition) is 5. The molecule has 45 heavy (non-hydrogen) atoms. The quantitative estimate of drug-likeness (QED) is 0.286. The lowest BCUT2D eigenvalue weighted by atomic mass is 9.81. The Balaban J connectivity index is 1.80. The second-order valence-corrected chi connectivity index (χ2v) is 11.9. The molecule has 4 rings (SSSR count). The van der Waals surface area contributed by atoms with Crippen molar-refractivity contribution in [1.29, 1.82) is 0 Å². The van der Waals surface area contributed by atoms with Gasteiger partial charge in [0.25, 0.3) is 0 Å². The summed E-state index contributed by atoms with van der Waals surface area (Å²) in [4.78, 5) is 33.0. The molecule has 2 heterocycles. The number of carbonyl (C=O) groups excluding carboxylic acids is 2. The van der Waals surface area contributed by atoms with E-state index in [1.54, 1.807) is 35.2 Å². The first-order valence-corrected chi connectivity index (χ1v) is 14.2. The predicted molar refractivity (Wildman–Crippen MR) is 158 cm³/mol. The largest absolute Gasteiger partial charge is 0.416 e. The lowest BCUT2D eigenvalue weighted by Gasteiger charge is -2.32. The molecule has 2 aromatic carbocycles. The van der Waals surface area contributed by atoms with Crippen LogP contribution in [0.4, 0.5) is 37.8 Å². The summed E-state index contributed by atoms with van der Waals surface area (Å²) in [7, 11) is 1.35. The molecule has 0 aliphatic carbocycles. The number of nitrogens with zero attached hydrogens (tertiary/aromatic N) is 3. The maximum Gasteiger partial charge on any atom is 0.416 e. The zero-order valence-corrected chi connectivity index (χ0v) is 25.5. The summed E-state index contributed by atoms with van der Waals surface area (Å²) in [5.41, 5.74) is -4.32. The number of aliphatic hydroxyl groups is 1. The van der Waals surface area contributed by atoms with Crippen LogP contribution in [0.5, 0.6) is 0 Å². The predicted octanol–water partition coefficient (Wildman–Crippen LogP) is 6.46. The highest BCUT2D eigenvalue weighted by molar-refractivity contribution is 6.33. The van der Waals surface area contributed by atoms with Gasteiger partial charge >= 0.3 is 12.4 Å². The number of amides is 2. The molecule has 1 fully saturated rings. The van der Waals surface area contributed by atoms with Gasteiger partial charge in [0.1, 0.15) is 5.82 Å². The minimum absolute atomic E-state index is 0.0143. The zero-order valence-electron chi connectivity index (χ0n) is 24.7. The molecule has 7 nitrogen and oxygen atoms in total. The molecule has 1 aliphatic heterocycles. The molecule has 242 valence electrons. The molecule has 3 aromatic rings. The van der Waals surface area contributed by atoms with Gasteiger partial charge in [0.2, 0.25) is 11.8 Å². The van der Waals surface area contributed by atoms with Crippen molar-refractivity contribution in [2.45, 2.75) is 57.0 Å². The van der Waals surface area contributed by atoms with E-state index in [2.05, 4.69) is 10.3 Å². The minimum atomic E-state index is -5.08. The van der Waals surface area contributed by atoms with E-state index in [4.69, 9.17) is 11.6 Å². The number of alkyl halides is 6. The van der Waals surface area contributed by atoms with Gasteiger partial charge in [0.15, 0.2) is 0 Å². The number of anilines is 2. The fourth-order valence-corrected chi connectivity index (χ4v) is 5.72. The Morgan fingerprint density at radius 2 is 1.58 bits per heavy atom. The van der Waals surface area contributed by atoms with E-state index in [0.717, 1.165) is 4.90 Å². The molecular formula is C31H31ClF6N4O3. The average Bonchev–Trinajstić information content (AvgIpc) is 3.37. The molecule has 2 unspecified atom stereocenters. The molecular weight excluding hydrogens is 626 g/mol. The first-order chi connectivity index (χ1) is 20.8. The lowest BCUT2D eigenvalue weighted by Crippen LogP contribution is -2.42. The Labute approximate surface area is 260 Å². The Bertz CT molecular complexity index is 1560. The standard InChI is InChI=1S/C31H31ClF6N4O3/c1-17(44)40-21-12-22(16-43)42(15-21)27-13-24(23-7-5-6-8-25(23)32)26(14-39-27)41(4)28(45)29(2,3)18-9-19(30(33,34)35)11-20(10-18)31(36,37)38/h5-11,13-14,21-22,43H,12,15-16H2,1-4H3,(H,40,44). The Kier molecular flexibility index (Phi) is 9.46. The summed E-state index contributed by atoms with van der Waals surface area (Å²) in [6.45, 7) is 3.98. The first kappa shape index (κ1) is 34.0. The van der Waals surface area contributed by atoms with E-state index < -0.39 is 40.4 Å². The maximum absolute atomic E-state index is 14.0. The molecule has 0 radical (unpaired) electrons. The highest BCUT2D eigenvalue weighted by Crippen LogP contribution is 2.42. The number of benzene rings is 2. The first-order valence-electron chi connectivity index (χ1n) is 13.8. The number of halogens is 7. The number of rotatable bonds is 7. The average molecular weight is 657 g/mol. The van der Waals surface area contributed by atoms with E-state index in [0.29, 0.717) is 47.1 Å². The number of aromatic nitrogens is 1. The van der Waals surface area contributed by atoms with Crippen LogP contribution in [0.2, 0.25) is 5.02 Å². The summed E-state index contributed by atoms with van der Waals surface area (Å²) in [5.74, 6) is -0.643. The summed E-state index contributed by atoms with van der Waals surface area (Å²) < 4.78 is 81.7. The molecule has 0 saturated carbocycles. The van der Waals surface area contributed by atoms with Crippen LogP contribution in [0.15, 0.2) is 54.7 Å². The van der Waals surface area contributed by atoms with Crippen LogP contribution in [0.1, 0.15) is 43.9 Å². The molecule has 2 amide bonds. The van der Waals surface area contributed by atoms with Gasteiger partial charge in [-0.25, -0.2) is 4.98 Å². The number of hydrogen-bond donors (Lipinski definition) is 2. The third kappa shape index (κ3) is 7.19. The second kappa shape index (κ2) is 12.5. The van der Waals surface area contributed by atoms with Gasteiger partial charge in [-0.3, -0.25) is 9.59 Å². The smallest absolute Gasteiger partial charge is 0.394 e. The molecule has 1 saturated heterocycles. The van der Waals surface area contributed by atoms with Crippen LogP contribution < -0.4 is 15.1 Å². The van der Waals surface area contributed by atoms with E-state index in [-0.39, 0.29) is 36.4 Å². The van der Waals surface area contributed by atoms with Crippen molar-refractivity contribution in [2.75, 3.05) is 30.0 Å². The number of likely N-dealkylation sites (N-methyl/N-ethyl adjacent to an activating group) is 1. The van der Waals surface area contributed by atoms with Crippen LogP contribution in [0.25, 0.3) is 11.1 Å². The van der Waals surface area contributed by atoms with Gasteiger partial charge in [-0.1, -0.05) is 29.8 Å². The molecule has 2 atom stereocenters. The zero-order chi connectivity index (χ0) is 33.5. The van der Waals surface area contributed by atoms with Gasteiger partial charge in [-0.15, -0.1) is 0 Å². The number of nitrogens with one attached hydrogen (secondary N) is 1. The van der Waals surface area contributed by atoms with Crippen molar-refractivity contribution in [3.63, 3.8) is 0 Å². The van der Waals surface area contributed by atoms with Crippen LogP contribution >= 0.6 is 11.6 Å². The van der Waals surface area contributed by atoms with Crippen molar-refractivity contribution in [1.82, 2.24) is 10.3 Å². The summed E-state index contributed by atoms with van der Waals surface area (Å²) in [5, 5.41) is 13.2. The number of carbonyl (C=O) groups is 2. The number of pyridine rings is 1. The molecule has 14 heteroatoms. The van der Waals surface area contributed by atoms with Gasteiger partial charge in [-0.2, -0.15) is 26.3 Å². The van der Waals surface area contributed by atoms with Crippen LogP contribution in [0.3, 0.4) is 0 Å². The highest BCUT2D eigenvalue weighted by Gasteiger charge is 2.41. The van der Waals surface area contributed by atoms with E-state index in [9.17, 15) is 41.0 Å². The van der Waals surface area contributed by atoms with Gasteiger partial charge in [0.05, 0.1) is 41.1 Å². The highest BCUT2D eigenvalue weighted by atomic mass is 35.5. The molecule has 1 aliphatic rings. The second-order valence-electron chi connectivity index (χ2n) is 11.4. The molecule has 0 spiro atoms. The third-order valence-electron chi connectivity index (χ3n) is 7.87. The topological polar surface area (TPSA) is 85.8 Å². The molecule has 0 bridgehead atoms. The summed E-state index contributed by atoms with van der Waals surface area (Å²) >= 11 is 6.53. The van der Waals surface area contributed by atoms with Crippen LogP contribution in [-0.2, 0) is 27.4 Å². The van der Waals surface area contributed by atoms with Gasteiger partial charge < -0.3 is 20.2 Å². The third-order valence-corrected chi connectivity index (χ3v) is 8.20. The van der Waals surface area contributed by atoms with E-state index in [1.165, 1.54) is 34.0 Å². The van der Waals surface area contributed by atoms with E-state index >= 15 is 0 Å². The van der Waals surface area contributed by atoms with Crippen molar-refractivity contribution >= 4 is 34.9 Å². The normalized spacial score (nSPS) is 17.4. The van der Waals surface area contributed by atoms with E-state index in [1.807, 2.05) is 0 Å². The van der Waals surface area contributed by atoms with Crippen molar-refractivity contribution in [3.05, 3.63) is 76.4 Å². The fraction of sp³-hybridized carbons (Fsp3) is 0.387. The lowest BCUT2D eigenvalue weighted by molar-refractivity contribution is -0.143. The van der Waals surface area contributed by atoms with Crippen molar-refractivity contribution in [3.8, 4) is 11.1 Å². The SMILES string of the molecule is CC(=O)NC1CC(CO)N(c2cc(-c3ccccc3Cl)c(N(C)C(=O)C(C)(C)c3cc(C(F)(F)F)cc(C(F)(F)F)c3)cn2)C1. The Morgan fingerprint density at radius 1 is 1.00 bits per heavy atom. The van der Waals surface area contributed by atoms with Crippen LogP contribution in [-0.4, -0.2) is 54.2 Å². The molecule has 2 N–H and O–H groups in total. The summed E-state index contributed by atoms with van der Waals surface area (Å²) in [6.07, 6.45) is -8.36. The Morgan fingerprint density at radius 3 is 2.11 bits per heavy atom. The Hall–Kier alpha value is -3.84. The maximum atomic E-state index is 14.0. The monoisotopic (exact) mass is 656 g/mol. The van der Waals surface area contributed by atoms with Gasteiger partial charge in [0, 0.05) is 42.7 Å². The fourth-order valence-electron chi connectivity index (χ4n) is 5.49. The van der Waals surface area contributed by atoms with Gasteiger partial charge in [-0.05, 0) is 56.2 Å². The molecule has 1 aromatic heterocycles. The van der Waals surface area contributed by atoms with Crippen molar-refractivity contribution in [2.24, 2.45) is 0 Å². The number of aliphatic hydroxyl groups excluding tert-OH is 1. The van der Waals surface area contributed by atoms with Crippen LogP contribution in [0, 0.1) is 0 Å². The summed E-state index contributed by atoms with van der Waals surface area (Å²) in [6, 6.07) is 8.80. The van der Waals surface area contributed by atoms with Crippen molar-refractivity contribution < 1.29 is 41.0 Å².